The number of hydrogen-bond donors (Lipinski definition) is 3. The summed E-state index contributed by atoms with van der Waals surface area (Å²) in [6.07, 6.45) is 0. The van der Waals surface area contributed by atoms with E-state index in [1.807, 2.05) is 37.3 Å². The van der Waals surface area contributed by atoms with E-state index in [-0.39, 0.29) is 17.7 Å². The summed E-state index contributed by atoms with van der Waals surface area (Å²) < 4.78 is 0. The van der Waals surface area contributed by atoms with Crippen molar-refractivity contribution in [2.75, 3.05) is 5.75 Å². The molecule has 0 fully saturated rings. The van der Waals surface area contributed by atoms with Crippen LogP contribution in [0.2, 0.25) is 0 Å². The Balaban J connectivity index is 2.77. The van der Waals surface area contributed by atoms with E-state index in [4.69, 9.17) is 5.11 Å². The summed E-state index contributed by atoms with van der Waals surface area (Å²) in [6.45, 7) is 3.39. The molecule has 4 nitrogen and oxygen atoms in total. The maximum absolute atomic E-state index is 12.1. The molecule has 0 saturated carbocycles. The van der Waals surface area contributed by atoms with Crippen molar-refractivity contribution in [1.82, 2.24) is 5.32 Å². The summed E-state index contributed by atoms with van der Waals surface area (Å²) in [4.78, 5) is 22.8. The second-order valence-corrected chi connectivity index (χ2v) is 4.92. The molecule has 1 amide bonds. The Morgan fingerprint density at radius 2 is 1.84 bits per heavy atom. The van der Waals surface area contributed by atoms with Crippen molar-refractivity contribution in [2.45, 2.75) is 25.8 Å². The number of amides is 1. The molecule has 0 radical (unpaired) electrons. The highest BCUT2D eigenvalue weighted by Crippen LogP contribution is 2.25. The van der Waals surface area contributed by atoms with Crippen molar-refractivity contribution < 1.29 is 14.7 Å². The predicted octanol–water partition coefficient (Wildman–Crippen LogP) is 1.93. The summed E-state index contributed by atoms with van der Waals surface area (Å²) in [5.41, 5.74) is 1.04. The number of carbonyl (C=O) groups excluding carboxylic acids is 1. The van der Waals surface area contributed by atoms with Crippen LogP contribution in [0.3, 0.4) is 0 Å². The van der Waals surface area contributed by atoms with Gasteiger partial charge in [-0.25, -0.2) is 0 Å². The lowest BCUT2D eigenvalue weighted by atomic mass is 9.88. The van der Waals surface area contributed by atoms with Gasteiger partial charge in [-0.1, -0.05) is 37.3 Å². The van der Waals surface area contributed by atoms with E-state index in [0.717, 1.165) is 5.56 Å². The highest BCUT2D eigenvalue weighted by molar-refractivity contribution is 7.80. The SMILES string of the molecule is C[C@H](NC(=O)[C@@H](CS)[C@@H](C)c1ccccc1)C(=O)O. The quantitative estimate of drug-likeness (QED) is 0.698. The number of thiol groups is 1. The van der Waals surface area contributed by atoms with Crippen LogP contribution in [0, 0.1) is 5.92 Å². The van der Waals surface area contributed by atoms with E-state index in [1.54, 1.807) is 0 Å². The predicted molar refractivity (Wildman–Crippen MR) is 77.4 cm³/mol. The standard InChI is InChI=1S/C14H19NO3S/c1-9(11-6-4-3-5-7-11)12(8-19)13(16)15-10(2)14(17)18/h3-7,9-10,12,19H,8H2,1-2H3,(H,15,16)(H,17,18)/t9-,10-,12-/m0/s1. The number of carbonyl (C=O) groups is 2. The van der Waals surface area contributed by atoms with Crippen LogP contribution >= 0.6 is 12.6 Å². The van der Waals surface area contributed by atoms with E-state index in [1.165, 1.54) is 6.92 Å². The Bertz CT molecular complexity index is 436. The highest BCUT2D eigenvalue weighted by Gasteiger charge is 2.27. The van der Waals surface area contributed by atoms with Crippen molar-refractivity contribution in [1.29, 1.82) is 0 Å². The molecule has 0 spiro atoms. The minimum atomic E-state index is -1.04. The summed E-state index contributed by atoms with van der Waals surface area (Å²) in [5.74, 6) is -1.32. The summed E-state index contributed by atoms with van der Waals surface area (Å²) in [6, 6.07) is 8.76. The molecule has 5 heteroatoms. The maximum Gasteiger partial charge on any atom is 0.325 e. The molecule has 0 aliphatic rings. The van der Waals surface area contributed by atoms with Crippen LogP contribution in [0.4, 0.5) is 0 Å². The lowest BCUT2D eigenvalue weighted by Crippen LogP contribution is -2.43. The van der Waals surface area contributed by atoms with Crippen LogP contribution in [-0.4, -0.2) is 28.8 Å². The van der Waals surface area contributed by atoms with Gasteiger partial charge in [0.1, 0.15) is 6.04 Å². The first-order chi connectivity index (χ1) is 8.97. The first kappa shape index (κ1) is 15.6. The maximum atomic E-state index is 12.1. The number of carboxylic acid groups (broad SMARTS) is 1. The van der Waals surface area contributed by atoms with Gasteiger partial charge in [-0.3, -0.25) is 9.59 Å². The van der Waals surface area contributed by atoms with Gasteiger partial charge < -0.3 is 10.4 Å². The molecule has 104 valence electrons. The van der Waals surface area contributed by atoms with Gasteiger partial charge >= 0.3 is 5.97 Å². The minimum Gasteiger partial charge on any atom is -0.480 e. The van der Waals surface area contributed by atoms with Gasteiger partial charge in [0.15, 0.2) is 0 Å². The molecular weight excluding hydrogens is 262 g/mol. The van der Waals surface area contributed by atoms with Crippen LogP contribution < -0.4 is 5.32 Å². The molecule has 0 unspecified atom stereocenters. The number of hydrogen-bond acceptors (Lipinski definition) is 3. The molecule has 3 atom stereocenters. The van der Waals surface area contributed by atoms with Crippen molar-refractivity contribution in [3.63, 3.8) is 0 Å². The van der Waals surface area contributed by atoms with Crippen LogP contribution in [-0.2, 0) is 9.59 Å². The Labute approximate surface area is 118 Å². The fourth-order valence-corrected chi connectivity index (χ4v) is 2.32. The highest BCUT2D eigenvalue weighted by atomic mass is 32.1. The van der Waals surface area contributed by atoms with Crippen molar-refractivity contribution >= 4 is 24.5 Å². The number of benzene rings is 1. The Hall–Kier alpha value is -1.49. The van der Waals surface area contributed by atoms with Crippen LogP contribution in [0.25, 0.3) is 0 Å². The van der Waals surface area contributed by atoms with Crippen molar-refractivity contribution in [3.05, 3.63) is 35.9 Å². The lowest BCUT2D eigenvalue weighted by molar-refractivity contribution is -0.141. The van der Waals surface area contributed by atoms with Crippen molar-refractivity contribution in [3.8, 4) is 0 Å². The largest absolute Gasteiger partial charge is 0.480 e. The topological polar surface area (TPSA) is 66.4 Å². The van der Waals surface area contributed by atoms with E-state index in [0.29, 0.717) is 5.75 Å². The zero-order valence-corrected chi connectivity index (χ0v) is 11.9. The second-order valence-electron chi connectivity index (χ2n) is 4.56. The molecule has 1 rings (SSSR count). The summed E-state index contributed by atoms with van der Waals surface area (Å²) in [5, 5.41) is 11.3. The molecule has 1 aromatic rings. The number of nitrogens with one attached hydrogen (secondary N) is 1. The van der Waals surface area contributed by atoms with Gasteiger partial charge in [-0.15, -0.1) is 0 Å². The summed E-state index contributed by atoms with van der Waals surface area (Å²) in [7, 11) is 0. The average molecular weight is 281 g/mol. The first-order valence-corrected chi connectivity index (χ1v) is 6.79. The number of carboxylic acids is 1. The van der Waals surface area contributed by atoms with Gasteiger partial charge in [0.05, 0.1) is 5.92 Å². The smallest absolute Gasteiger partial charge is 0.325 e. The summed E-state index contributed by atoms with van der Waals surface area (Å²) >= 11 is 4.21. The fraction of sp³-hybridized carbons (Fsp3) is 0.429. The molecule has 19 heavy (non-hydrogen) atoms. The Morgan fingerprint density at radius 1 is 1.26 bits per heavy atom. The zero-order chi connectivity index (χ0) is 14.4. The number of rotatable bonds is 6. The van der Waals surface area contributed by atoms with E-state index in [2.05, 4.69) is 17.9 Å². The van der Waals surface area contributed by atoms with Crippen molar-refractivity contribution in [2.24, 2.45) is 5.92 Å². The average Bonchev–Trinajstić information content (AvgIpc) is 2.40. The Kier molecular flexibility index (Phi) is 5.89. The first-order valence-electron chi connectivity index (χ1n) is 6.16. The second kappa shape index (κ2) is 7.19. The third kappa shape index (κ3) is 4.28. The van der Waals surface area contributed by atoms with Crippen LogP contribution in [0.1, 0.15) is 25.3 Å². The van der Waals surface area contributed by atoms with Crippen LogP contribution in [0.5, 0.6) is 0 Å². The third-order valence-electron chi connectivity index (χ3n) is 3.19. The van der Waals surface area contributed by atoms with E-state index in [9.17, 15) is 9.59 Å². The lowest BCUT2D eigenvalue weighted by Gasteiger charge is -2.23. The molecule has 0 saturated heterocycles. The van der Waals surface area contributed by atoms with Gasteiger partial charge in [0.2, 0.25) is 5.91 Å². The minimum absolute atomic E-state index is 0.0142. The fourth-order valence-electron chi connectivity index (χ4n) is 1.84. The molecule has 0 heterocycles. The molecule has 2 N–H and O–H groups in total. The molecule has 0 aromatic heterocycles. The molecule has 1 aromatic carbocycles. The van der Waals surface area contributed by atoms with E-state index < -0.39 is 12.0 Å². The molecule has 0 bridgehead atoms. The zero-order valence-electron chi connectivity index (χ0n) is 11.0. The molecular formula is C14H19NO3S. The molecule has 0 aliphatic heterocycles. The van der Waals surface area contributed by atoms with Gasteiger partial charge in [-0.2, -0.15) is 12.6 Å². The van der Waals surface area contributed by atoms with Gasteiger partial charge in [0, 0.05) is 5.75 Å². The third-order valence-corrected chi connectivity index (χ3v) is 3.58. The Morgan fingerprint density at radius 3 is 2.32 bits per heavy atom. The number of aliphatic carboxylic acids is 1. The van der Waals surface area contributed by atoms with Gasteiger partial charge in [0.25, 0.3) is 0 Å². The normalized spacial score (nSPS) is 15.3. The monoisotopic (exact) mass is 281 g/mol. The van der Waals surface area contributed by atoms with Gasteiger partial charge in [-0.05, 0) is 18.4 Å². The van der Waals surface area contributed by atoms with E-state index >= 15 is 0 Å². The molecule has 0 aliphatic carbocycles. The van der Waals surface area contributed by atoms with Crippen LogP contribution in [0.15, 0.2) is 30.3 Å².